The number of rotatable bonds is 1. The van der Waals surface area contributed by atoms with Crippen LogP contribution in [0.15, 0.2) is 42.7 Å². The van der Waals surface area contributed by atoms with Gasteiger partial charge >= 0.3 is 0 Å². The number of aromatic hydroxyl groups is 1. The molecule has 1 aromatic carbocycles. The summed E-state index contributed by atoms with van der Waals surface area (Å²) in [4.78, 5) is 3.97. The summed E-state index contributed by atoms with van der Waals surface area (Å²) in [6, 6.07) is 9.29. The molecule has 0 unspecified atom stereocenters. The number of aromatic nitrogens is 1. The first-order chi connectivity index (χ1) is 6.77. The minimum Gasteiger partial charge on any atom is -0.508 e. The standard InChI is InChI=1S/C12H11NO/c1-9-8-11(14)2-3-12(9)10-4-6-13-7-5-10/h2-8,14H,1H3. The van der Waals surface area contributed by atoms with Gasteiger partial charge in [-0.1, -0.05) is 6.07 Å². The van der Waals surface area contributed by atoms with Gasteiger partial charge in [-0.2, -0.15) is 0 Å². The minimum atomic E-state index is 0.306. The summed E-state index contributed by atoms with van der Waals surface area (Å²) >= 11 is 0. The molecule has 0 aliphatic carbocycles. The van der Waals surface area contributed by atoms with Crippen molar-refractivity contribution in [2.75, 3.05) is 0 Å². The van der Waals surface area contributed by atoms with Crippen molar-refractivity contribution in [2.45, 2.75) is 6.92 Å². The van der Waals surface area contributed by atoms with Crippen LogP contribution in [-0.4, -0.2) is 10.1 Å². The van der Waals surface area contributed by atoms with E-state index >= 15 is 0 Å². The van der Waals surface area contributed by atoms with Gasteiger partial charge in [0.1, 0.15) is 5.75 Å². The first-order valence-electron chi connectivity index (χ1n) is 4.47. The molecule has 0 amide bonds. The average Bonchev–Trinajstić information content (AvgIpc) is 2.19. The molecule has 2 nitrogen and oxygen atoms in total. The van der Waals surface area contributed by atoms with E-state index in [1.54, 1.807) is 24.5 Å². The Morgan fingerprint density at radius 1 is 1.07 bits per heavy atom. The lowest BCUT2D eigenvalue weighted by molar-refractivity contribution is 0.475. The summed E-state index contributed by atoms with van der Waals surface area (Å²) in [5, 5.41) is 9.27. The molecule has 1 aromatic heterocycles. The lowest BCUT2D eigenvalue weighted by Gasteiger charge is -2.05. The zero-order valence-corrected chi connectivity index (χ0v) is 7.94. The minimum absolute atomic E-state index is 0.306. The number of hydrogen-bond acceptors (Lipinski definition) is 2. The number of pyridine rings is 1. The van der Waals surface area contributed by atoms with Crippen molar-refractivity contribution >= 4 is 0 Å². The molecule has 2 heteroatoms. The Labute approximate surface area is 82.9 Å². The van der Waals surface area contributed by atoms with E-state index in [1.165, 1.54) is 0 Å². The van der Waals surface area contributed by atoms with Crippen LogP contribution in [0.1, 0.15) is 5.56 Å². The number of benzene rings is 1. The van der Waals surface area contributed by atoms with E-state index in [-0.39, 0.29) is 0 Å². The summed E-state index contributed by atoms with van der Waals surface area (Å²) in [6.45, 7) is 1.98. The van der Waals surface area contributed by atoms with Crippen molar-refractivity contribution < 1.29 is 5.11 Å². The molecule has 0 saturated carbocycles. The highest BCUT2D eigenvalue weighted by Crippen LogP contribution is 2.25. The van der Waals surface area contributed by atoms with Gasteiger partial charge in [-0.15, -0.1) is 0 Å². The second-order valence-electron chi connectivity index (χ2n) is 3.24. The van der Waals surface area contributed by atoms with Gasteiger partial charge in [0.15, 0.2) is 0 Å². The highest BCUT2D eigenvalue weighted by Gasteiger charge is 2.01. The van der Waals surface area contributed by atoms with Crippen molar-refractivity contribution in [3.05, 3.63) is 48.3 Å². The molecule has 0 saturated heterocycles. The van der Waals surface area contributed by atoms with Gasteiger partial charge in [0.05, 0.1) is 0 Å². The third-order valence-electron chi connectivity index (χ3n) is 2.20. The van der Waals surface area contributed by atoms with Crippen LogP contribution >= 0.6 is 0 Å². The van der Waals surface area contributed by atoms with Gasteiger partial charge in [0, 0.05) is 12.4 Å². The molecular formula is C12H11NO. The van der Waals surface area contributed by atoms with E-state index in [4.69, 9.17) is 0 Å². The van der Waals surface area contributed by atoms with E-state index in [0.717, 1.165) is 16.7 Å². The van der Waals surface area contributed by atoms with Gasteiger partial charge in [0.2, 0.25) is 0 Å². The monoisotopic (exact) mass is 185 g/mol. The fourth-order valence-corrected chi connectivity index (χ4v) is 1.50. The van der Waals surface area contributed by atoms with Gasteiger partial charge in [-0.25, -0.2) is 0 Å². The van der Waals surface area contributed by atoms with E-state index in [2.05, 4.69) is 4.98 Å². The number of phenolic OH excluding ortho intramolecular Hbond substituents is 1. The molecule has 0 aliphatic rings. The first kappa shape index (κ1) is 8.75. The smallest absolute Gasteiger partial charge is 0.115 e. The molecule has 0 fully saturated rings. The quantitative estimate of drug-likeness (QED) is 0.741. The van der Waals surface area contributed by atoms with Crippen LogP contribution in [0.2, 0.25) is 0 Å². The largest absolute Gasteiger partial charge is 0.508 e. The third kappa shape index (κ3) is 1.59. The number of phenols is 1. The van der Waals surface area contributed by atoms with Crippen LogP contribution in [0.3, 0.4) is 0 Å². The Kier molecular flexibility index (Phi) is 2.19. The van der Waals surface area contributed by atoms with Crippen LogP contribution in [-0.2, 0) is 0 Å². The molecule has 14 heavy (non-hydrogen) atoms. The highest BCUT2D eigenvalue weighted by atomic mass is 16.3. The third-order valence-corrected chi connectivity index (χ3v) is 2.20. The van der Waals surface area contributed by atoms with Crippen molar-refractivity contribution in [3.63, 3.8) is 0 Å². The first-order valence-corrected chi connectivity index (χ1v) is 4.47. The molecule has 2 rings (SSSR count). The van der Waals surface area contributed by atoms with Crippen LogP contribution in [0.25, 0.3) is 11.1 Å². The second-order valence-corrected chi connectivity index (χ2v) is 3.24. The Balaban J connectivity index is 2.53. The Morgan fingerprint density at radius 3 is 2.43 bits per heavy atom. The lowest BCUT2D eigenvalue weighted by Crippen LogP contribution is -1.82. The molecule has 0 atom stereocenters. The predicted molar refractivity (Wildman–Crippen MR) is 56.1 cm³/mol. The van der Waals surface area contributed by atoms with Crippen LogP contribution in [0.4, 0.5) is 0 Å². The maximum absolute atomic E-state index is 9.27. The number of nitrogens with zero attached hydrogens (tertiary/aromatic N) is 1. The van der Waals surface area contributed by atoms with Crippen molar-refractivity contribution in [1.29, 1.82) is 0 Å². The Morgan fingerprint density at radius 2 is 1.79 bits per heavy atom. The van der Waals surface area contributed by atoms with Crippen LogP contribution in [0.5, 0.6) is 5.75 Å². The second kappa shape index (κ2) is 3.50. The summed E-state index contributed by atoms with van der Waals surface area (Å²) < 4.78 is 0. The molecule has 70 valence electrons. The molecular weight excluding hydrogens is 174 g/mol. The normalized spacial score (nSPS) is 10.1. The van der Waals surface area contributed by atoms with Gasteiger partial charge in [0.25, 0.3) is 0 Å². The zero-order valence-electron chi connectivity index (χ0n) is 7.94. The summed E-state index contributed by atoms with van der Waals surface area (Å²) in [6.07, 6.45) is 3.53. The van der Waals surface area contributed by atoms with Gasteiger partial charge < -0.3 is 5.11 Å². The van der Waals surface area contributed by atoms with Crippen LogP contribution in [0, 0.1) is 6.92 Å². The molecule has 0 bridgehead atoms. The number of hydrogen-bond donors (Lipinski definition) is 1. The van der Waals surface area contributed by atoms with E-state index < -0.39 is 0 Å². The molecule has 0 aliphatic heterocycles. The maximum atomic E-state index is 9.27. The molecule has 2 aromatic rings. The van der Waals surface area contributed by atoms with Crippen molar-refractivity contribution in [2.24, 2.45) is 0 Å². The summed E-state index contributed by atoms with van der Waals surface area (Å²) in [5.41, 5.74) is 3.32. The van der Waals surface area contributed by atoms with Gasteiger partial charge in [-0.05, 0) is 47.9 Å². The van der Waals surface area contributed by atoms with Crippen LogP contribution < -0.4 is 0 Å². The van der Waals surface area contributed by atoms with Gasteiger partial charge in [-0.3, -0.25) is 4.98 Å². The van der Waals surface area contributed by atoms with E-state index in [1.807, 2.05) is 25.1 Å². The fraction of sp³-hybridized carbons (Fsp3) is 0.0833. The van der Waals surface area contributed by atoms with E-state index in [0.29, 0.717) is 5.75 Å². The van der Waals surface area contributed by atoms with Crippen molar-refractivity contribution in [1.82, 2.24) is 4.98 Å². The predicted octanol–water partition coefficient (Wildman–Crippen LogP) is 2.76. The van der Waals surface area contributed by atoms with E-state index in [9.17, 15) is 5.11 Å². The molecule has 0 spiro atoms. The Bertz CT molecular complexity index is 437. The molecule has 1 N–H and O–H groups in total. The number of aryl methyl sites for hydroxylation is 1. The lowest BCUT2D eigenvalue weighted by atomic mass is 10.0. The Hall–Kier alpha value is -1.83. The van der Waals surface area contributed by atoms with Crippen molar-refractivity contribution in [3.8, 4) is 16.9 Å². The zero-order chi connectivity index (χ0) is 9.97. The SMILES string of the molecule is Cc1cc(O)ccc1-c1ccncc1. The fourth-order valence-electron chi connectivity index (χ4n) is 1.50. The summed E-state index contributed by atoms with van der Waals surface area (Å²) in [7, 11) is 0. The average molecular weight is 185 g/mol. The topological polar surface area (TPSA) is 33.1 Å². The molecule has 1 heterocycles. The maximum Gasteiger partial charge on any atom is 0.115 e. The highest BCUT2D eigenvalue weighted by molar-refractivity contribution is 5.67. The molecule has 0 radical (unpaired) electrons. The summed E-state index contributed by atoms with van der Waals surface area (Å²) in [5.74, 6) is 0.306.